The highest BCUT2D eigenvalue weighted by molar-refractivity contribution is 5.95. The van der Waals surface area contributed by atoms with Crippen LogP contribution >= 0.6 is 0 Å². The van der Waals surface area contributed by atoms with Crippen LogP contribution in [-0.4, -0.2) is 0 Å². The topological polar surface area (TPSA) is 3.24 Å². The molecule has 0 bridgehead atoms. The SMILES string of the molecule is Cc1ccccc1-c1cc(-c2ccc(-c3ccccc3)cc2)ccc1N(c1ccc2c(c1)C(C)(C)c1ccccc1-2)c1ccc2c(c1)C(c1ccccc1)(c1ccccc1)c1ccccc1-2. The summed E-state index contributed by atoms with van der Waals surface area (Å²) in [7, 11) is 0. The minimum absolute atomic E-state index is 0.169. The lowest BCUT2D eigenvalue weighted by Gasteiger charge is -2.35. The van der Waals surface area contributed by atoms with Crippen LogP contribution in [0.15, 0.2) is 243 Å². The molecule has 10 aromatic carbocycles. The van der Waals surface area contributed by atoms with E-state index in [9.17, 15) is 0 Å². The summed E-state index contributed by atoms with van der Waals surface area (Å²) in [6.45, 7) is 6.99. The summed E-state index contributed by atoms with van der Waals surface area (Å²) in [5.74, 6) is 0. The summed E-state index contributed by atoms with van der Waals surface area (Å²) in [6.07, 6.45) is 0. The van der Waals surface area contributed by atoms with Crippen molar-refractivity contribution in [3.05, 3.63) is 282 Å². The summed E-state index contributed by atoms with van der Waals surface area (Å²) in [4.78, 5) is 2.54. The van der Waals surface area contributed by atoms with Gasteiger partial charge in [-0.15, -0.1) is 0 Å². The highest BCUT2D eigenvalue weighted by Gasteiger charge is 2.46. The first-order chi connectivity index (χ1) is 32.4. The van der Waals surface area contributed by atoms with Gasteiger partial charge in [0.15, 0.2) is 0 Å². The van der Waals surface area contributed by atoms with Crippen LogP contribution < -0.4 is 4.90 Å². The van der Waals surface area contributed by atoms with E-state index in [1.165, 1.54) is 94.6 Å². The van der Waals surface area contributed by atoms with E-state index >= 15 is 0 Å². The normalized spacial score (nSPS) is 13.6. The minimum Gasteiger partial charge on any atom is -0.310 e. The summed E-state index contributed by atoms with van der Waals surface area (Å²) in [6, 6.07) is 90.2. The molecular formula is C65H49N. The smallest absolute Gasteiger partial charge is 0.0714 e. The van der Waals surface area contributed by atoms with Crippen LogP contribution in [0.4, 0.5) is 17.1 Å². The van der Waals surface area contributed by atoms with E-state index in [0.717, 1.165) is 17.1 Å². The van der Waals surface area contributed by atoms with E-state index in [0.29, 0.717) is 0 Å². The first-order valence-electron chi connectivity index (χ1n) is 23.2. The third-order valence-corrected chi connectivity index (χ3v) is 14.5. The molecule has 0 saturated carbocycles. The second kappa shape index (κ2) is 15.6. The zero-order chi connectivity index (χ0) is 44.4. The van der Waals surface area contributed by atoms with Gasteiger partial charge >= 0.3 is 0 Å². The Hall–Kier alpha value is -8.00. The number of rotatable bonds is 8. The molecular weight excluding hydrogens is 795 g/mol. The van der Waals surface area contributed by atoms with Crippen LogP contribution in [0.1, 0.15) is 52.8 Å². The average Bonchev–Trinajstić information content (AvgIpc) is 3.80. The molecule has 314 valence electrons. The van der Waals surface area contributed by atoms with Gasteiger partial charge in [-0.3, -0.25) is 0 Å². The summed E-state index contributed by atoms with van der Waals surface area (Å²) < 4.78 is 0. The Morgan fingerprint density at radius 3 is 1.36 bits per heavy atom. The predicted octanol–water partition coefficient (Wildman–Crippen LogP) is 17.1. The van der Waals surface area contributed by atoms with Crippen molar-refractivity contribution in [2.45, 2.75) is 31.6 Å². The molecule has 0 N–H and O–H groups in total. The second-order valence-electron chi connectivity index (χ2n) is 18.5. The Bertz CT molecular complexity index is 3400. The van der Waals surface area contributed by atoms with E-state index in [4.69, 9.17) is 0 Å². The van der Waals surface area contributed by atoms with Crippen molar-refractivity contribution in [2.75, 3.05) is 4.90 Å². The van der Waals surface area contributed by atoms with Gasteiger partial charge in [-0.05, 0) is 132 Å². The number of anilines is 3. The van der Waals surface area contributed by atoms with Gasteiger partial charge < -0.3 is 4.90 Å². The van der Waals surface area contributed by atoms with E-state index < -0.39 is 5.41 Å². The van der Waals surface area contributed by atoms with Crippen molar-refractivity contribution in [3.63, 3.8) is 0 Å². The molecule has 0 saturated heterocycles. The number of hydrogen-bond acceptors (Lipinski definition) is 1. The van der Waals surface area contributed by atoms with Gasteiger partial charge in [-0.2, -0.15) is 0 Å². The lowest BCUT2D eigenvalue weighted by molar-refractivity contribution is 0.660. The molecule has 2 aliphatic rings. The molecule has 0 spiro atoms. The number of aryl methyl sites for hydroxylation is 1. The van der Waals surface area contributed by atoms with Crippen molar-refractivity contribution in [3.8, 4) is 55.6 Å². The quantitative estimate of drug-likeness (QED) is 0.147. The van der Waals surface area contributed by atoms with E-state index in [1.807, 2.05) is 0 Å². The molecule has 0 aromatic heterocycles. The number of benzene rings is 10. The molecule has 0 amide bonds. The third kappa shape index (κ3) is 6.15. The Balaban J connectivity index is 1.12. The molecule has 12 rings (SSSR count). The van der Waals surface area contributed by atoms with Gasteiger partial charge in [0.1, 0.15) is 0 Å². The summed E-state index contributed by atoms with van der Waals surface area (Å²) >= 11 is 0. The van der Waals surface area contributed by atoms with Crippen LogP contribution in [0, 0.1) is 6.92 Å². The van der Waals surface area contributed by atoms with E-state index in [2.05, 4.69) is 268 Å². The first-order valence-corrected chi connectivity index (χ1v) is 23.2. The van der Waals surface area contributed by atoms with Crippen molar-refractivity contribution in [2.24, 2.45) is 0 Å². The second-order valence-corrected chi connectivity index (χ2v) is 18.5. The summed E-state index contributed by atoms with van der Waals surface area (Å²) in [5, 5.41) is 0. The average molecular weight is 844 g/mol. The number of hydrogen-bond donors (Lipinski definition) is 0. The number of fused-ring (bicyclic) bond motifs is 6. The van der Waals surface area contributed by atoms with Gasteiger partial charge in [0, 0.05) is 22.4 Å². The maximum absolute atomic E-state index is 2.54. The van der Waals surface area contributed by atoms with Crippen molar-refractivity contribution in [1.82, 2.24) is 0 Å². The molecule has 0 fully saturated rings. The third-order valence-electron chi connectivity index (χ3n) is 14.5. The van der Waals surface area contributed by atoms with E-state index in [-0.39, 0.29) is 5.41 Å². The maximum atomic E-state index is 2.54. The highest BCUT2D eigenvalue weighted by atomic mass is 15.1. The Kier molecular flexibility index (Phi) is 9.36. The lowest BCUT2D eigenvalue weighted by atomic mass is 9.67. The molecule has 1 heteroatoms. The Morgan fingerprint density at radius 1 is 0.303 bits per heavy atom. The van der Waals surface area contributed by atoms with Gasteiger partial charge in [0.2, 0.25) is 0 Å². The van der Waals surface area contributed by atoms with Crippen molar-refractivity contribution >= 4 is 17.1 Å². The molecule has 0 radical (unpaired) electrons. The predicted molar refractivity (Wildman–Crippen MR) is 277 cm³/mol. The fraction of sp³-hybridized carbons (Fsp3) is 0.0769. The van der Waals surface area contributed by atoms with Crippen LogP contribution in [0.25, 0.3) is 55.6 Å². The monoisotopic (exact) mass is 843 g/mol. The number of nitrogens with zero attached hydrogens (tertiary/aromatic N) is 1. The standard InChI is InChI=1S/C65H49N/c1-44-19-13-14-26-53(44)58-41-48(47-33-31-46(32-34-47)45-20-7-4-8-21-45)35-40-63(58)66(51-36-38-56-54-27-15-17-29-59(54)64(2,3)61(56)42-51)52-37-39-57-55-28-16-18-30-60(55)65(62(57)43-52,49-22-9-5-10-23-49)50-24-11-6-12-25-50/h4-43H,1-3H3. The highest BCUT2D eigenvalue weighted by Crippen LogP contribution is 2.58. The minimum atomic E-state index is -0.535. The summed E-state index contributed by atoms with van der Waals surface area (Å²) in [5.41, 5.74) is 24.1. The van der Waals surface area contributed by atoms with Crippen LogP contribution in [0.5, 0.6) is 0 Å². The molecule has 0 aliphatic heterocycles. The van der Waals surface area contributed by atoms with E-state index in [1.54, 1.807) is 0 Å². The molecule has 2 aliphatic carbocycles. The first kappa shape index (κ1) is 39.6. The lowest BCUT2D eigenvalue weighted by Crippen LogP contribution is -2.28. The van der Waals surface area contributed by atoms with Gasteiger partial charge in [-0.25, -0.2) is 0 Å². The Labute approximate surface area is 389 Å². The van der Waals surface area contributed by atoms with Crippen molar-refractivity contribution in [1.29, 1.82) is 0 Å². The van der Waals surface area contributed by atoms with Gasteiger partial charge in [0.25, 0.3) is 0 Å². The van der Waals surface area contributed by atoms with Crippen LogP contribution in [0.3, 0.4) is 0 Å². The zero-order valence-corrected chi connectivity index (χ0v) is 37.5. The zero-order valence-electron chi connectivity index (χ0n) is 37.5. The molecule has 0 unspecified atom stereocenters. The largest absolute Gasteiger partial charge is 0.310 e. The van der Waals surface area contributed by atoms with Crippen LogP contribution in [0.2, 0.25) is 0 Å². The van der Waals surface area contributed by atoms with Crippen molar-refractivity contribution < 1.29 is 0 Å². The van der Waals surface area contributed by atoms with Gasteiger partial charge in [-0.1, -0.05) is 220 Å². The fourth-order valence-corrected chi connectivity index (χ4v) is 11.3. The molecule has 10 aromatic rings. The molecule has 1 nitrogen and oxygen atoms in total. The van der Waals surface area contributed by atoms with Gasteiger partial charge in [0.05, 0.1) is 11.1 Å². The van der Waals surface area contributed by atoms with Crippen LogP contribution in [-0.2, 0) is 10.8 Å². The fourth-order valence-electron chi connectivity index (χ4n) is 11.3. The molecule has 0 heterocycles. The Morgan fingerprint density at radius 2 is 0.742 bits per heavy atom. The molecule has 66 heavy (non-hydrogen) atoms. The maximum Gasteiger partial charge on any atom is 0.0714 e. The molecule has 0 atom stereocenters.